The zero-order valence-corrected chi connectivity index (χ0v) is 15.5. The maximum Gasteiger partial charge on any atom is 0.279 e. The Balaban J connectivity index is 1.85. The molecule has 0 saturated heterocycles. The summed E-state index contributed by atoms with van der Waals surface area (Å²) in [7, 11) is 1.75. The van der Waals surface area contributed by atoms with Gasteiger partial charge in [-0.1, -0.05) is 18.2 Å². The number of hydrogen-bond donors (Lipinski definition) is 3. The largest absolute Gasteiger partial charge is 0.322 e. The van der Waals surface area contributed by atoms with E-state index in [9.17, 15) is 19.7 Å². The highest BCUT2D eigenvalue weighted by Crippen LogP contribution is 2.19. The maximum absolute atomic E-state index is 12.2. The van der Waals surface area contributed by atoms with Gasteiger partial charge in [0, 0.05) is 23.5 Å². The number of hydrogen-bond acceptors (Lipinski definition) is 4. The Kier molecular flexibility index (Phi) is 6.62. The van der Waals surface area contributed by atoms with Crippen molar-refractivity contribution in [2.24, 2.45) is 0 Å². The van der Waals surface area contributed by atoms with Gasteiger partial charge in [0.2, 0.25) is 0 Å². The molecule has 0 aromatic heterocycles. The molecule has 1 atom stereocenters. The molecule has 27 heavy (non-hydrogen) atoms. The highest BCUT2D eigenvalue weighted by Gasteiger charge is 2.16. The number of amides is 2. The van der Waals surface area contributed by atoms with Crippen molar-refractivity contribution < 1.29 is 19.4 Å². The van der Waals surface area contributed by atoms with E-state index in [4.69, 9.17) is 0 Å². The van der Waals surface area contributed by atoms with Crippen molar-refractivity contribution in [2.45, 2.75) is 13.8 Å². The second-order valence-corrected chi connectivity index (χ2v) is 6.48. The number of likely N-dealkylation sites (N-methyl/N-ethyl adjacent to an activating group) is 1. The number of para-hydroxylation sites is 1. The van der Waals surface area contributed by atoms with Crippen LogP contribution in [0.3, 0.4) is 0 Å². The molecule has 3 N–H and O–H groups in total. The smallest absolute Gasteiger partial charge is 0.279 e. The minimum absolute atomic E-state index is 0.0427. The van der Waals surface area contributed by atoms with Crippen molar-refractivity contribution >= 4 is 28.9 Å². The maximum atomic E-state index is 12.2. The standard InChI is InChI=1S/C19H22N4O4/c1-13-5-4-6-14(2)19(13)21-18(25)12-22(3)11-17(24)20-15-7-9-16(10-8-15)23(26)27/h4-10H,11-12H2,1-3H3,(H,20,24)(H,21,25)/p+1. The van der Waals surface area contributed by atoms with Gasteiger partial charge in [0.25, 0.3) is 17.5 Å². The van der Waals surface area contributed by atoms with E-state index in [0.717, 1.165) is 21.7 Å². The third-order valence-electron chi connectivity index (χ3n) is 4.03. The third kappa shape index (κ3) is 5.89. The molecule has 0 aliphatic carbocycles. The first-order valence-electron chi connectivity index (χ1n) is 8.48. The number of nitrogens with zero attached hydrogens (tertiary/aromatic N) is 1. The second-order valence-electron chi connectivity index (χ2n) is 6.48. The Morgan fingerprint density at radius 1 is 0.963 bits per heavy atom. The van der Waals surface area contributed by atoms with Crippen LogP contribution in [0.15, 0.2) is 42.5 Å². The Bertz CT molecular complexity index is 829. The zero-order valence-electron chi connectivity index (χ0n) is 15.5. The van der Waals surface area contributed by atoms with Crippen molar-refractivity contribution in [1.82, 2.24) is 0 Å². The Labute approximate surface area is 157 Å². The number of carbonyl (C=O) groups is 2. The van der Waals surface area contributed by atoms with Crippen LogP contribution < -0.4 is 15.5 Å². The summed E-state index contributed by atoms with van der Waals surface area (Å²) in [6.45, 7) is 4.09. The van der Waals surface area contributed by atoms with Crippen LogP contribution >= 0.6 is 0 Å². The van der Waals surface area contributed by atoms with Crippen molar-refractivity contribution in [3.05, 3.63) is 63.7 Å². The molecule has 2 aromatic rings. The molecule has 0 saturated carbocycles. The van der Waals surface area contributed by atoms with E-state index < -0.39 is 4.92 Å². The molecule has 2 rings (SSSR count). The lowest BCUT2D eigenvalue weighted by Gasteiger charge is -2.15. The lowest BCUT2D eigenvalue weighted by atomic mass is 10.1. The number of quaternary nitrogens is 1. The first-order valence-corrected chi connectivity index (χ1v) is 8.48. The average Bonchev–Trinajstić information content (AvgIpc) is 2.58. The molecular formula is C19H23N4O4+. The summed E-state index contributed by atoms with van der Waals surface area (Å²) < 4.78 is 0. The first-order chi connectivity index (χ1) is 12.8. The van der Waals surface area contributed by atoms with E-state index in [-0.39, 0.29) is 30.6 Å². The van der Waals surface area contributed by atoms with E-state index in [1.807, 2.05) is 32.0 Å². The number of nitrogens with one attached hydrogen (secondary N) is 3. The molecule has 0 radical (unpaired) electrons. The van der Waals surface area contributed by atoms with Crippen molar-refractivity contribution in [1.29, 1.82) is 0 Å². The quantitative estimate of drug-likeness (QED) is 0.504. The topological polar surface area (TPSA) is 106 Å². The number of nitro groups is 1. The summed E-state index contributed by atoms with van der Waals surface area (Å²) in [5, 5.41) is 16.2. The summed E-state index contributed by atoms with van der Waals surface area (Å²) in [6.07, 6.45) is 0. The van der Waals surface area contributed by atoms with Gasteiger partial charge < -0.3 is 15.5 Å². The fraction of sp³-hybridized carbons (Fsp3) is 0.263. The van der Waals surface area contributed by atoms with Crippen LogP contribution in [0.5, 0.6) is 0 Å². The molecule has 2 amide bonds. The van der Waals surface area contributed by atoms with E-state index in [2.05, 4.69) is 10.6 Å². The van der Waals surface area contributed by atoms with Gasteiger partial charge in [-0.15, -0.1) is 0 Å². The van der Waals surface area contributed by atoms with Gasteiger partial charge in [-0.2, -0.15) is 0 Å². The van der Waals surface area contributed by atoms with E-state index in [1.54, 1.807) is 7.05 Å². The number of rotatable bonds is 7. The summed E-state index contributed by atoms with van der Waals surface area (Å²) >= 11 is 0. The molecule has 8 nitrogen and oxygen atoms in total. The van der Waals surface area contributed by atoms with Crippen LogP contribution in [0.2, 0.25) is 0 Å². The summed E-state index contributed by atoms with van der Waals surface area (Å²) in [5.41, 5.74) is 3.19. The van der Waals surface area contributed by atoms with Gasteiger partial charge in [-0.05, 0) is 37.1 Å². The van der Waals surface area contributed by atoms with E-state index >= 15 is 0 Å². The number of anilines is 2. The number of nitro benzene ring substituents is 1. The van der Waals surface area contributed by atoms with Gasteiger partial charge in [-0.3, -0.25) is 19.7 Å². The number of non-ortho nitro benzene ring substituents is 1. The van der Waals surface area contributed by atoms with Crippen molar-refractivity contribution in [2.75, 3.05) is 30.8 Å². The minimum Gasteiger partial charge on any atom is -0.322 e. The van der Waals surface area contributed by atoms with Crippen LogP contribution in [0, 0.1) is 24.0 Å². The SMILES string of the molecule is Cc1cccc(C)c1NC(=O)C[NH+](C)CC(=O)Nc1ccc([N+](=O)[O-])cc1. The summed E-state index contributed by atoms with van der Waals surface area (Å²) in [6, 6.07) is 11.4. The Hall–Kier alpha value is -3.26. The Morgan fingerprint density at radius 2 is 1.48 bits per heavy atom. The predicted octanol–water partition coefficient (Wildman–Crippen LogP) is 1.30. The molecule has 1 unspecified atom stereocenters. The minimum atomic E-state index is -0.502. The van der Waals surface area contributed by atoms with Crippen LogP contribution in [0.4, 0.5) is 17.1 Å². The molecule has 8 heteroatoms. The molecule has 0 aliphatic rings. The second kappa shape index (κ2) is 8.91. The predicted molar refractivity (Wildman–Crippen MR) is 103 cm³/mol. The average molecular weight is 371 g/mol. The van der Waals surface area contributed by atoms with Gasteiger partial charge in [0.1, 0.15) is 0 Å². The number of carbonyl (C=O) groups excluding carboxylic acids is 2. The van der Waals surface area contributed by atoms with Gasteiger partial charge in [-0.25, -0.2) is 0 Å². The normalized spacial score (nSPS) is 11.5. The highest BCUT2D eigenvalue weighted by atomic mass is 16.6. The van der Waals surface area contributed by atoms with Crippen LogP contribution in [0.1, 0.15) is 11.1 Å². The van der Waals surface area contributed by atoms with Gasteiger partial charge in [0.15, 0.2) is 13.1 Å². The fourth-order valence-electron chi connectivity index (χ4n) is 2.68. The molecule has 0 aliphatic heterocycles. The monoisotopic (exact) mass is 371 g/mol. The number of benzene rings is 2. The Morgan fingerprint density at radius 3 is 2.00 bits per heavy atom. The molecule has 0 fully saturated rings. The molecule has 142 valence electrons. The summed E-state index contributed by atoms with van der Waals surface area (Å²) in [4.78, 5) is 35.2. The van der Waals surface area contributed by atoms with Gasteiger partial charge >= 0.3 is 0 Å². The number of aryl methyl sites for hydroxylation is 2. The van der Waals surface area contributed by atoms with Crippen molar-refractivity contribution in [3.8, 4) is 0 Å². The van der Waals surface area contributed by atoms with Crippen LogP contribution in [-0.2, 0) is 9.59 Å². The molecule has 0 bridgehead atoms. The van der Waals surface area contributed by atoms with E-state index in [0.29, 0.717) is 5.69 Å². The van der Waals surface area contributed by atoms with E-state index in [1.165, 1.54) is 24.3 Å². The lowest BCUT2D eigenvalue weighted by Crippen LogP contribution is -3.11. The van der Waals surface area contributed by atoms with Gasteiger partial charge in [0.05, 0.1) is 12.0 Å². The lowest BCUT2D eigenvalue weighted by molar-refractivity contribution is -0.862. The molecule has 0 spiro atoms. The zero-order chi connectivity index (χ0) is 20.0. The third-order valence-corrected chi connectivity index (χ3v) is 4.03. The van der Waals surface area contributed by atoms with Crippen LogP contribution in [-0.4, -0.2) is 36.9 Å². The van der Waals surface area contributed by atoms with Crippen LogP contribution in [0.25, 0.3) is 0 Å². The summed E-state index contributed by atoms with van der Waals surface area (Å²) in [5.74, 6) is -0.450. The molecular weight excluding hydrogens is 348 g/mol. The first kappa shape index (κ1) is 20.1. The molecule has 0 heterocycles. The highest BCUT2D eigenvalue weighted by molar-refractivity contribution is 5.94. The molecule has 2 aromatic carbocycles. The fourth-order valence-corrected chi connectivity index (χ4v) is 2.68. The van der Waals surface area contributed by atoms with Crippen molar-refractivity contribution in [3.63, 3.8) is 0 Å².